The number of rotatable bonds is 9. The van der Waals surface area contributed by atoms with Gasteiger partial charge in [0.15, 0.2) is 11.5 Å². The summed E-state index contributed by atoms with van der Waals surface area (Å²) in [6.45, 7) is 9.23. The van der Waals surface area contributed by atoms with Gasteiger partial charge >= 0.3 is 0 Å². The van der Waals surface area contributed by atoms with Gasteiger partial charge in [-0.3, -0.25) is 9.59 Å². The lowest BCUT2D eigenvalue weighted by Gasteiger charge is -2.18. The minimum Gasteiger partial charge on any atom is -0.382 e. The zero-order valence-electron chi connectivity index (χ0n) is 18.0. The van der Waals surface area contributed by atoms with Crippen LogP contribution in [0.3, 0.4) is 0 Å². The molecule has 0 saturated carbocycles. The summed E-state index contributed by atoms with van der Waals surface area (Å²) in [7, 11) is 0. The Hall–Kier alpha value is -3.53. The summed E-state index contributed by atoms with van der Waals surface area (Å²) in [5, 5.41) is 5.76. The average Bonchev–Trinajstić information content (AvgIpc) is 3.22. The number of hydrogen-bond donors (Lipinski definition) is 3. The second kappa shape index (κ2) is 9.98. The molecule has 164 valence electrons. The average molecular weight is 425 g/mol. The smallest absolute Gasteiger partial charge is 0.251 e. The van der Waals surface area contributed by atoms with Gasteiger partial charge in [-0.05, 0) is 44.3 Å². The molecule has 0 aliphatic rings. The largest absolute Gasteiger partial charge is 0.382 e. The molecule has 1 unspecified atom stereocenters. The van der Waals surface area contributed by atoms with Crippen LogP contribution in [0.25, 0.3) is 11.2 Å². The van der Waals surface area contributed by atoms with Crippen molar-refractivity contribution in [1.29, 1.82) is 0 Å². The van der Waals surface area contributed by atoms with Crippen LogP contribution in [0.1, 0.15) is 37.2 Å². The van der Waals surface area contributed by atoms with Crippen molar-refractivity contribution in [1.82, 2.24) is 29.7 Å². The first-order valence-corrected chi connectivity index (χ1v) is 10.3. The van der Waals surface area contributed by atoms with E-state index in [1.807, 2.05) is 0 Å². The molecule has 3 aromatic rings. The van der Waals surface area contributed by atoms with Crippen LogP contribution in [0.2, 0.25) is 0 Å². The fourth-order valence-electron chi connectivity index (χ4n) is 3.20. The first-order chi connectivity index (χ1) is 14.9. The van der Waals surface area contributed by atoms with Crippen LogP contribution in [0, 0.1) is 0 Å². The minimum absolute atomic E-state index is 0.138. The Morgan fingerprint density at radius 3 is 2.52 bits per heavy atom. The topological polar surface area (TPSA) is 131 Å². The number of carbonyl (C=O) groups is 2. The highest BCUT2D eigenvalue weighted by molar-refractivity contribution is 5.97. The van der Waals surface area contributed by atoms with Crippen molar-refractivity contribution in [2.24, 2.45) is 0 Å². The van der Waals surface area contributed by atoms with Gasteiger partial charge in [0.1, 0.15) is 17.9 Å². The molecular weight excluding hydrogens is 396 g/mol. The number of benzene rings is 1. The lowest BCUT2D eigenvalue weighted by molar-refractivity contribution is -0.118. The van der Waals surface area contributed by atoms with E-state index >= 15 is 0 Å². The van der Waals surface area contributed by atoms with Crippen molar-refractivity contribution in [2.75, 3.05) is 37.2 Å². The first-order valence-electron chi connectivity index (χ1n) is 10.3. The van der Waals surface area contributed by atoms with Gasteiger partial charge in [0.25, 0.3) is 5.91 Å². The van der Waals surface area contributed by atoms with E-state index < -0.39 is 6.04 Å². The third kappa shape index (κ3) is 5.15. The number of aromatic nitrogens is 4. The number of nitrogens with zero attached hydrogens (tertiary/aromatic N) is 5. The van der Waals surface area contributed by atoms with E-state index in [4.69, 9.17) is 5.73 Å². The van der Waals surface area contributed by atoms with E-state index in [-0.39, 0.29) is 17.6 Å². The fraction of sp³-hybridized carbons (Fsp3) is 0.381. The molecule has 2 amide bonds. The maximum Gasteiger partial charge on any atom is 0.251 e. The highest BCUT2D eigenvalue weighted by Gasteiger charge is 2.19. The van der Waals surface area contributed by atoms with Gasteiger partial charge in [-0.1, -0.05) is 13.8 Å². The van der Waals surface area contributed by atoms with E-state index in [0.29, 0.717) is 29.0 Å². The molecule has 0 spiro atoms. The van der Waals surface area contributed by atoms with Gasteiger partial charge in [-0.15, -0.1) is 0 Å². The monoisotopic (exact) mass is 424 g/mol. The SMILES string of the molecule is CCN(CC)CCNC(=O)c1ccc(NC(=O)C(C)n2cnc3c(N)ncnc32)cc1. The molecule has 0 bridgehead atoms. The van der Waals surface area contributed by atoms with E-state index in [9.17, 15) is 9.59 Å². The van der Waals surface area contributed by atoms with Gasteiger partial charge in [0, 0.05) is 24.3 Å². The zero-order valence-corrected chi connectivity index (χ0v) is 18.0. The number of hydrogen-bond acceptors (Lipinski definition) is 7. The molecule has 2 heterocycles. The molecule has 0 fully saturated rings. The van der Waals surface area contributed by atoms with E-state index in [1.54, 1.807) is 35.8 Å². The lowest BCUT2D eigenvalue weighted by atomic mass is 10.2. The second-order valence-electron chi connectivity index (χ2n) is 7.11. The molecule has 4 N–H and O–H groups in total. The first kappa shape index (κ1) is 22.2. The van der Waals surface area contributed by atoms with Crippen molar-refractivity contribution in [3.8, 4) is 0 Å². The summed E-state index contributed by atoms with van der Waals surface area (Å²) in [5.41, 5.74) is 7.89. The lowest BCUT2D eigenvalue weighted by Crippen LogP contribution is -2.34. The van der Waals surface area contributed by atoms with E-state index in [1.165, 1.54) is 12.7 Å². The number of likely N-dealkylation sites (N-methyl/N-ethyl adjacent to an activating group) is 1. The number of carbonyl (C=O) groups excluding carboxylic acids is 2. The van der Waals surface area contributed by atoms with Crippen molar-refractivity contribution >= 4 is 34.5 Å². The summed E-state index contributed by atoms with van der Waals surface area (Å²) < 4.78 is 1.64. The molecule has 3 rings (SSSR count). The molecular formula is C21H28N8O2. The second-order valence-corrected chi connectivity index (χ2v) is 7.11. The Labute approximate surface area is 180 Å². The minimum atomic E-state index is -0.567. The Balaban J connectivity index is 1.59. The highest BCUT2D eigenvalue weighted by Crippen LogP contribution is 2.20. The van der Waals surface area contributed by atoms with Crippen LogP contribution in [-0.2, 0) is 4.79 Å². The molecule has 1 aromatic carbocycles. The number of nitrogen functional groups attached to an aromatic ring is 1. The number of nitrogens with two attached hydrogens (primary N) is 1. The molecule has 10 nitrogen and oxygen atoms in total. The predicted molar refractivity (Wildman–Crippen MR) is 120 cm³/mol. The Morgan fingerprint density at radius 1 is 1.13 bits per heavy atom. The van der Waals surface area contributed by atoms with Gasteiger partial charge in [-0.2, -0.15) is 0 Å². The van der Waals surface area contributed by atoms with Crippen molar-refractivity contribution in [2.45, 2.75) is 26.8 Å². The van der Waals surface area contributed by atoms with Crippen LogP contribution in [0.5, 0.6) is 0 Å². The normalized spacial score (nSPS) is 12.1. The molecule has 31 heavy (non-hydrogen) atoms. The summed E-state index contributed by atoms with van der Waals surface area (Å²) in [4.78, 5) is 39.5. The maximum atomic E-state index is 12.7. The maximum absolute atomic E-state index is 12.7. The molecule has 0 aliphatic carbocycles. The number of imidazole rings is 1. The predicted octanol–water partition coefficient (Wildman–Crippen LogP) is 1.68. The van der Waals surface area contributed by atoms with Crippen molar-refractivity contribution in [3.63, 3.8) is 0 Å². The zero-order chi connectivity index (χ0) is 22.4. The molecule has 0 saturated heterocycles. The Kier molecular flexibility index (Phi) is 7.14. The summed E-state index contributed by atoms with van der Waals surface area (Å²) >= 11 is 0. The third-order valence-electron chi connectivity index (χ3n) is 5.21. The van der Waals surface area contributed by atoms with Crippen LogP contribution in [0.15, 0.2) is 36.9 Å². The summed E-state index contributed by atoms with van der Waals surface area (Å²) in [5.74, 6) is -0.115. The van der Waals surface area contributed by atoms with Crippen LogP contribution >= 0.6 is 0 Å². The number of anilines is 2. The van der Waals surface area contributed by atoms with Crippen LogP contribution < -0.4 is 16.4 Å². The molecule has 2 aromatic heterocycles. The van der Waals surface area contributed by atoms with E-state index in [0.717, 1.165) is 19.6 Å². The highest BCUT2D eigenvalue weighted by atomic mass is 16.2. The van der Waals surface area contributed by atoms with Crippen LogP contribution in [-0.4, -0.2) is 62.4 Å². The summed E-state index contributed by atoms with van der Waals surface area (Å²) in [6.07, 6.45) is 2.86. The molecule has 0 aliphatic heterocycles. The quantitative estimate of drug-likeness (QED) is 0.476. The van der Waals surface area contributed by atoms with Gasteiger partial charge in [0.2, 0.25) is 5.91 Å². The summed E-state index contributed by atoms with van der Waals surface area (Å²) in [6, 6.07) is 6.22. The molecule has 1 atom stereocenters. The number of fused-ring (bicyclic) bond motifs is 1. The third-order valence-corrected chi connectivity index (χ3v) is 5.21. The van der Waals surface area contributed by atoms with Gasteiger partial charge in [0.05, 0.1) is 6.33 Å². The van der Waals surface area contributed by atoms with Crippen molar-refractivity contribution < 1.29 is 9.59 Å². The van der Waals surface area contributed by atoms with Crippen molar-refractivity contribution in [3.05, 3.63) is 42.5 Å². The van der Waals surface area contributed by atoms with Gasteiger partial charge < -0.3 is 25.8 Å². The van der Waals surface area contributed by atoms with Gasteiger partial charge in [-0.25, -0.2) is 15.0 Å². The Bertz CT molecular complexity index is 1040. The van der Waals surface area contributed by atoms with E-state index in [2.05, 4.69) is 44.3 Å². The number of amides is 2. The standard InChI is InChI=1S/C21H28N8O2/c1-4-28(5-2)11-10-23-21(31)15-6-8-16(9-7-15)27-20(30)14(3)29-13-26-17-18(22)24-12-25-19(17)29/h6-9,12-14H,4-5,10-11H2,1-3H3,(H,23,31)(H,27,30)(H2,22,24,25). The molecule has 10 heteroatoms. The number of nitrogens with one attached hydrogen (secondary N) is 2. The Morgan fingerprint density at radius 2 is 1.84 bits per heavy atom. The van der Waals surface area contributed by atoms with Crippen LogP contribution in [0.4, 0.5) is 11.5 Å². The molecule has 0 radical (unpaired) electrons. The fourth-order valence-corrected chi connectivity index (χ4v) is 3.20.